The minimum Gasteiger partial charge on any atom is -0.444 e. The second kappa shape index (κ2) is 4.99. The molecule has 1 aliphatic rings. The Morgan fingerprint density at radius 1 is 1.44 bits per heavy atom. The van der Waals surface area contributed by atoms with Crippen molar-refractivity contribution in [2.75, 3.05) is 0 Å². The summed E-state index contributed by atoms with van der Waals surface area (Å²) in [6.07, 6.45) is 0.638. The van der Waals surface area contributed by atoms with Crippen LogP contribution in [0.15, 0.2) is 9.52 Å². The lowest BCUT2D eigenvalue weighted by Gasteiger charge is -2.11. The molecule has 1 aliphatic heterocycles. The lowest BCUT2D eigenvalue weighted by Crippen LogP contribution is -2.36. The van der Waals surface area contributed by atoms with Crippen LogP contribution >= 0.6 is 0 Å². The van der Waals surface area contributed by atoms with Gasteiger partial charge < -0.3 is 9.73 Å². The van der Waals surface area contributed by atoms with Crippen LogP contribution in [-0.2, 0) is 16.1 Å². The van der Waals surface area contributed by atoms with E-state index in [0.29, 0.717) is 23.8 Å². The molecule has 0 aromatic carbocycles. The van der Waals surface area contributed by atoms with Crippen LogP contribution in [0.3, 0.4) is 0 Å². The van der Waals surface area contributed by atoms with E-state index in [0.717, 1.165) is 5.69 Å². The summed E-state index contributed by atoms with van der Waals surface area (Å²) >= 11 is 0. The molecular weight excluding hydrogens is 236 g/mol. The average Bonchev–Trinajstić information content (AvgIpc) is 2.66. The van der Waals surface area contributed by atoms with Crippen LogP contribution in [0.4, 0.5) is 0 Å². The van der Waals surface area contributed by atoms with Crippen molar-refractivity contribution in [3.05, 3.63) is 17.3 Å². The van der Waals surface area contributed by atoms with Gasteiger partial charge in [0.2, 0.25) is 5.91 Å². The zero-order valence-corrected chi connectivity index (χ0v) is 10.2. The number of aromatic nitrogens is 1. The maximum Gasteiger partial charge on any atom is 0.267 e. The van der Waals surface area contributed by atoms with E-state index in [1.165, 1.54) is 0 Å². The number of aryl methyl sites for hydroxylation is 2. The summed E-state index contributed by atoms with van der Waals surface area (Å²) in [4.78, 5) is 26.7. The fraction of sp³-hybridized carbons (Fsp3) is 0.455. The number of amides is 2. The summed E-state index contributed by atoms with van der Waals surface area (Å²) in [5, 5.41) is 6.39. The fourth-order valence-corrected chi connectivity index (χ4v) is 1.64. The van der Waals surface area contributed by atoms with Gasteiger partial charge in [0.1, 0.15) is 11.5 Å². The van der Waals surface area contributed by atoms with E-state index in [1.54, 1.807) is 6.92 Å². The minimum absolute atomic E-state index is 0.173. The quantitative estimate of drug-likeness (QED) is 0.799. The molecule has 0 bridgehead atoms. The molecule has 0 fully saturated rings. The van der Waals surface area contributed by atoms with E-state index in [1.807, 2.05) is 6.92 Å². The van der Waals surface area contributed by atoms with Crippen molar-refractivity contribution in [2.45, 2.75) is 33.2 Å². The third-order valence-electron chi connectivity index (χ3n) is 2.58. The van der Waals surface area contributed by atoms with E-state index in [2.05, 4.69) is 20.8 Å². The first-order valence-electron chi connectivity index (χ1n) is 5.63. The zero-order valence-electron chi connectivity index (χ0n) is 10.2. The summed E-state index contributed by atoms with van der Waals surface area (Å²) in [5.41, 5.74) is 3.36. The van der Waals surface area contributed by atoms with Gasteiger partial charge in [-0.3, -0.25) is 9.59 Å². The third kappa shape index (κ3) is 2.73. The van der Waals surface area contributed by atoms with Crippen molar-refractivity contribution in [2.24, 2.45) is 5.10 Å². The molecule has 0 aliphatic carbocycles. The first-order valence-corrected chi connectivity index (χ1v) is 5.63. The molecule has 2 heterocycles. The van der Waals surface area contributed by atoms with Crippen molar-refractivity contribution in [1.82, 2.24) is 15.7 Å². The summed E-state index contributed by atoms with van der Waals surface area (Å²) in [6.45, 7) is 3.83. The van der Waals surface area contributed by atoms with Crippen molar-refractivity contribution >= 4 is 17.5 Å². The highest BCUT2D eigenvalue weighted by Gasteiger charge is 2.18. The van der Waals surface area contributed by atoms with Crippen LogP contribution in [0.2, 0.25) is 0 Å². The Labute approximate surface area is 104 Å². The number of nitrogens with one attached hydrogen (secondary N) is 2. The Hall–Kier alpha value is -2.18. The van der Waals surface area contributed by atoms with E-state index in [9.17, 15) is 9.59 Å². The van der Waals surface area contributed by atoms with Crippen molar-refractivity contribution < 1.29 is 14.0 Å². The van der Waals surface area contributed by atoms with Crippen LogP contribution in [0.5, 0.6) is 0 Å². The first kappa shape index (κ1) is 12.3. The maximum absolute atomic E-state index is 11.7. The molecule has 2 rings (SSSR count). The second-order valence-electron chi connectivity index (χ2n) is 4.02. The normalized spacial score (nSPS) is 15.0. The largest absolute Gasteiger partial charge is 0.444 e. The molecule has 1 aromatic rings. The molecule has 0 atom stereocenters. The van der Waals surface area contributed by atoms with Crippen molar-refractivity contribution in [3.63, 3.8) is 0 Å². The van der Waals surface area contributed by atoms with Crippen LogP contribution in [-0.4, -0.2) is 22.5 Å². The third-order valence-corrected chi connectivity index (χ3v) is 2.58. The van der Waals surface area contributed by atoms with Crippen molar-refractivity contribution in [3.8, 4) is 0 Å². The van der Waals surface area contributed by atoms with Gasteiger partial charge in [0, 0.05) is 19.8 Å². The smallest absolute Gasteiger partial charge is 0.267 e. The number of carbonyl (C=O) groups excluding carboxylic acids is 2. The molecule has 0 saturated heterocycles. The molecule has 7 heteroatoms. The van der Waals surface area contributed by atoms with Gasteiger partial charge in [-0.25, -0.2) is 10.4 Å². The highest BCUT2D eigenvalue weighted by atomic mass is 16.4. The minimum atomic E-state index is -0.302. The highest BCUT2D eigenvalue weighted by molar-refractivity contribution is 6.39. The lowest BCUT2D eigenvalue weighted by molar-refractivity contribution is -0.121. The van der Waals surface area contributed by atoms with Crippen LogP contribution in [0, 0.1) is 13.8 Å². The van der Waals surface area contributed by atoms with Gasteiger partial charge in [-0.05, 0) is 6.92 Å². The maximum atomic E-state index is 11.7. The van der Waals surface area contributed by atoms with Crippen LogP contribution in [0.1, 0.15) is 30.2 Å². The molecule has 2 amide bonds. The summed E-state index contributed by atoms with van der Waals surface area (Å²) in [6, 6.07) is 0. The zero-order chi connectivity index (χ0) is 13.1. The number of nitrogens with zero attached hydrogens (tertiary/aromatic N) is 2. The number of rotatable bonds is 3. The summed E-state index contributed by atoms with van der Waals surface area (Å²) in [5.74, 6) is 0.719. The predicted molar refractivity (Wildman–Crippen MR) is 62.6 cm³/mol. The molecule has 0 spiro atoms. The first-order chi connectivity index (χ1) is 8.56. The summed E-state index contributed by atoms with van der Waals surface area (Å²) in [7, 11) is 0. The number of carbonyl (C=O) groups is 2. The number of hydrazone groups is 1. The van der Waals surface area contributed by atoms with E-state index >= 15 is 0 Å². The van der Waals surface area contributed by atoms with Crippen LogP contribution in [0.25, 0.3) is 0 Å². The summed E-state index contributed by atoms with van der Waals surface area (Å²) < 4.78 is 5.33. The Morgan fingerprint density at radius 2 is 2.22 bits per heavy atom. The molecule has 18 heavy (non-hydrogen) atoms. The number of hydrogen-bond donors (Lipinski definition) is 2. The second-order valence-corrected chi connectivity index (χ2v) is 4.02. The molecule has 0 radical (unpaired) electrons. The van der Waals surface area contributed by atoms with Gasteiger partial charge in [-0.1, -0.05) is 0 Å². The SMILES string of the molecule is Cc1nc(C)c(CNC(=O)C2=NNC(=O)CC2)o1. The molecule has 7 nitrogen and oxygen atoms in total. The average molecular weight is 250 g/mol. The molecular formula is C11H14N4O3. The topological polar surface area (TPSA) is 96.6 Å². The Kier molecular flexibility index (Phi) is 3.40. The Balaban J connectivity index is 1.92. The van der Waals surface area contributed by atoms with Crippen molar-refractivity contribution in [1.29, 1.82) is 0 Å². The lowest BCUT2D eigenvalue weighted by atomic mass is 10.1. The predicted octanol–water partition coefficient (Wildman–Crippen LogP) is 0.174. The van der Waals surface area contributed by atoms with E-state index in [4.69, 9.17) is 4.42 Å². The van der Waals surface area contributed by atoms with Gasteiger partial charge in [-0.15, -0.1) is 0 Å². The Morgan fingerprint density at radius 3 is 2.78 bits per heavy atom. The van der Waals surface area contributed by atoms with E-state index in [-0.39, 0.29) is 24.8 Å². The monoisotopic (exact) mass is 250 g/mol. The van der Waals surface area contributed by atoms with Gasteiger partial charge in [0.05, 0.1) is 12.2 Å². The number of hydrogen-bond acceptors (Lipinski definition) is 5. The molecule has 0 saturated carbocycles. The van der Waals surface area contributed by atoms with Crippen LogP contribution < -0.4 is 10.7 Å². The molecule has 1 aromatic heterocycles. The fourth-order valence-electron chi connectivity index (χ4n) is 1.64. The Bertz CT molecular complexity index is 518. The number of oxazole rings is 1. The standard InChI is InChI=1S/C11H14N4O3/c1-6-9(18-7(2)13-6)5-12-11(17)8-3-4-10(16)15-14-8/h3-5H2,1-2H3,(H,12,17)(H,15,16). The van der Waals surface area contributed by atoms with Gasteiger partial charge in [0.25, 0.3) is 5.91 Å². The van der Waals surface area contributed by atoms with E-state index < -0.39 is 0 Å². The van der Waals surface area contributed by atoms with Gasteiger partial charge in [-0.2, -0.15) is 5.10 Å². The molecule has 0 unspecified atom stereocenters. The molecule has 2 N–H and O–H groups in total. The molecule has 96 valence electrons. The van der Waals surface area contributed by atoms with Gasteiger partial charge >= 0.3 is 0 Å². The van der Waals surface area contributed by atoms with Gasteiger partial charge in [0.15, 0.2) is 5.89 Å². The highest BCUT2D eigenvalue weighted by Crippen LogP contribution is 2.08.